The molecule has 0 saturated carbocycles. The number of urea groups is 1. The molecule has 3 rings (SSSR count). The molecule has 0 radical (unpaired) electrons. The van der Waals surface area contributed by atoms with Gasteiger partial charge >= 0.3 is 6.03 Å². The molecule has 3 amide bonds. The second-order valence-corrected chi connectivity index (χ2v) is 7.35. The highest BCUT2D eigenvalue weighted by Crippen LogP contribution is 2.28. The van der Waals surface area contributed by atoms with Crippen LogP contribution in [0.25, 0.3) is 6.08 Å². The van der Waals surface area contributed by atoms with Crippen LogP contribution in [0.3, 0.4) is 0 Å². The lowest BCUT2D eigenvalue weighted by atomic mass is 10.1. The van der Waals surface area contributed by atoms with E-state index in [1.807, 2.05) is 19.9 Å². The Kier molecular flexibility index (Phi) is 6.14. The summed E-state index contributed by atoms with van der Waals surface area (Å²) >= 11 is 3.47. The number of benzene rings is 2. The molecule has 0 aromatic heterocycles. The fraction of sp³-hybridized carbons (Fsp3) is 0.238. The zero-order valence-corrected chi connectivity index (χ0v) is 17.1. The molecule has 28 heavy (non-hydrogen) atoms. The van der Waals surface area contributed by atoms with Crippen molar-refractivity contribution in [2.45, 2.75) is 32.9 Å². The quantitative estimate of drug-likeness (QED) is 0.509. The Morgan fingerprint density at radius 3 is 2.68 bits per heavy atom. The second-order valence-electron chi connectivity index (χ2n) is 6.50. The molecule has 1 heterocycles. The van der Waals surface area contributed by atoms with Gasteiger partial charge < -0.3 is 10.1 Å². The van der Waals surface area contributed by atoms with Gasteiger partial charge in [0.15, 0.2) is 0 Å². The number of amides is 3. The number of carbonyl (C=O) groups is 2. The van der Waals surface area contributed by atoms with Crippen molar-refractivity contribution >= 4 is 33.9 Å². The largest absolute Gasteiger partial charge is 0.490 e. The predicted molar refractivity (Wildman–Crippen MR) is 108 cm³/mol. The Labute approximate surface area is 171 Å². The first kappa shape index (κ1) is 20.1. The summed E-state index contributed by atoms with van der Waals surface area (Å²) in [5.41, 5.74) is 1.14. The van der Waals surface area contributed by atoms with Crippen molar-refractivity contribution in [3.63, 3.8) is 0 Å². The average molecular weight is 447 g/mol. The molecule has 146 valence electrons. The van der Waals surface area contributed by atoms with E-state index in [4.69, 9.17) is 4.74 Å². The minimum absolute atomic E-state index is 0.0862. The fourth-order valence-corrected chi connectivity index (χ4v) is 3.17. The van der Waals surface area contributed by atoms with Crippen molar-refractivity contribution in [3.8, 4) is 5.75 Å². The summed E-state index contributed by atoms with van der Waals surface area (Å²) in [5, 5.41) is 2.55. The lowest BCUT2D eigenvalue weighted by Gasteiger charge is -2.14. The second kappa shape index (κ2) is 8.56. The van der Waals surface area contributed by atoms with Gasteiger partial charge in [0.2, 0.25) is 0 Å². The molecule has 0 aliphatic carbocycles. The van der Waals surface area contributed by atoms with Crippen LogP contribution in [0, 0.1) is 5.82 Å². The zero-order chi connectivity index (χ0) is 20.3. The summed E-state index contributed by atoms with van der Waals surface area (Å²) in [6.45, 7) is 3.90. The highest BCUT2D eigenvalue weighted by molar-refractivity contribution is 9.10. The predicted octanol–water partition coefficient (Wildman–Crippen LogP) is 4.86. The van der Waals surface area contributed by atoms with E-state index in [2.05, 4.69) is 21.2 Å². The van der Waals surface area contributed by atoms with Crippen LogP contribution in [-0.4, -0.2) is 22.9 Å². The lowest BCUT2D eigenvalue weighted by Crippen LogP contribution is -2.30. The monoisotopic (exact) mass is 446 g/mol. The van der Waals surface area contributed by atoms with Gasteiger partial charge in [0.25, 0.3) is 5.91 Å². The van der Waals surface area contributed by atoms with Crippen LogP contribution in [0.4, 0.5) is 9.18 Å². The lowest BCUT2D eigenvalue weighted by molar-refractivity contribution is -0.123. The van der Waals surface area contributed by atoms with E-state index in [0.717, 1.165) is 21.4 Å². The number of hydrogen-bond donors (Lipinski definition) is 1. The van der Waals surface area contributed by atoms with Crippen molar-refractivity contribution in [1.29, 1.82) is 0 Å². The van der Waals surface area contributed by atoms with E-state index in [0.29, 0.717) is 5.75 Å². The van der Waals surface area contributed by atoms with Crippen molar-refractivity contribution in [2.24, 2.45) is 0 Å². The zero-order valence-electron chi connectivity index (χ0n) is 15.5. The summed E-state index contributed by atoms with van der Waals surface area (Å²) in [7, 11) is 0. The first-order chi connectivity index (χ1) is 13.4. The number of carbonyl (C=O) groups excluding carboxylic acids is 2. The summed E-state index contributed by atoms with van der Waals surface area (Å²) in [6.07, 6.45) is 2.55. The molecule has 0 bridgehead atoms. The van der Waals surface area contributed by atoms with Crippen LogP contribution in [0.5, 0.6) is 5.75 Å². The van der Waals surface area contributed by atoms with Crippen LogP contribution >= 0.6 is 15.9 Å². The maximum atomic E-state index is 13.8. The molecule has 7 heteroatoms. The number of ether oxygens (including phenoxy) is 1. The molecule has 1 N–H and O–H groups in total. The van der Waals surface area contributed by atoms with Crippen LogP contribution in [0.2, 0.25) is 0 Å². The highest BCUT2D eigenvalue weighted by atomic mass is 79.9. The third-order valence-electron chi connectivity index (χ3n) is 4.42. The van der Waals surface area contributed by atoms with Crippen LogP contribution in [0.1, 0.15) is 31.4 Å². The normalized spacial score (nSPS) is 16.4. The molecule has 0 unspecified atom stereocenters. The first-order valence-electron chi connectivity index (χ1n) is 8.93. The summed E-state index contributed by atoms with van der Waals surface area (Å²) in [6, 6.07) is 10.9. The summed E-state index contributed by atoms with van der Waals surface area (Å²) in [4.78, 5) is 25.8. The molecule has 1 fully saturated rings. The Balaban J connectivity index is 1.78. The van der Waals surface area contributed by atoms with Gasteiger partial charge in [-0.1, -0.05) is 31.2 Å². The molecule has 2 aromatic rings. The molecule has 2 aromatic carbocycles. The summed E-state index contributed by atoms with van der Waals surface area (Å²) < 4.78 is 20.4. The smallest absolute Gasteiger partial charge is 0.329 e. The van der Waals surface area contributed by atoms with Crippen molar-refractivity contribution < 1.29 is 18.7 Å². The number of nitrogens with one attached hydrogen (secondary N) is 1. The van der Waals surface area contributed by atoms with Gasteiger partial charge in [-0.05, 0) is 59.1 Å². The Morgan fingerprint density at radius 1 is 1.25 bits per heavy atom. The van der Waals surface area contributed by atoms with E-state index in [1.54, 1.807) is 36.4 Å². The minimum Gasteiger partial charge on any atom is -0.490 e. The number of hydrogen-bond acceptors (Lipinski definition) is 3. The third-order valence-corrected chi connectivity index (χ3v) is 5.04. The molecule has 0 spiro atoms. The topological polar surface area (TPSA) is 58.6 Å². The van der Waals surface area contributed by atoms with E-state index in [9.17, 15) is 14.0 Å². The number of halogens is 2. The van der Waals surface area contributed by atoms with Gasteiger partial charge in [0.1, 0.15) is 17.3 Å². The Hall–Kier alpha value is -2.67. The average Bonchev–Trinajstić information content (AvgIpc) is 2.93. The SMILES string of the molecule is CC[C@@H](C)Oc1ccc(/C=C2/NC(=O)N(Cc3ccccc3F)C2=O)cc1Br. The standard InChI is InChI=1S/C21H20BrFN2O3/c1-3-13(2)28-19-9-8-14(10-16(19)22)11-18-20(26)25(21(27)24-18)12-15-6-4-5-7-17(15)23/h4-11,13H,3,12H2,1-2H3,(H,24,27)/b18-11+/t13-/m1/s1. The number of imide groups is 1. The van der Waals surface area contributed by atoms with Crippen LogP contribution in [0.15, 0.2) is 52.6 Å². The van der Waals surface area contributed by atoms with E-state index in [-0.39, 0.29) is 23.9 Å². The van der Waals surface area contributed by atoms with Crippen molar-refractivity contribution in [2.75, 3.05) is 0 Å². The first-order valence-corrected chi connectivity index (χ1v) is 9.72. The van der Waals surface area contributed by atoms with Gasteiger partial charge in [-0.25, -0.2) is 9.18 Å². The molecule has 1 saturated heterocycles. The Morgan fingerprint density at radius 2 is 2.00 bits per heavy atom. The van der Waals surface area contributed by atoms with E-state index < -0.39 is 17.8 Å². The molecule has 1 aliphatic heterocycles. The van der Waals surface area contributed by atoms with Crippen LogP contribution < -0.4 is 10.1 Å². The van der Waals surface area contributed by atoms with E-state index >= 15 is 0 Å². The van der Waals surface area contributed by atoms with Crippen molar-refractivity contribution in [3.05, 3.63) is 69.6 Å². The van der Waals surface area contributed by atoms with Gasteiger partial charge in [0, 0.05) is 5.56 Å². The molecule has 5 nitrogen and oxygen atoms in total. The van der Waals surface area contributed by atoms with Gasteiger partial charge in [-0.15, -0.1) is 0 Å². The third kappa shape index (κ3) is 4.42. The molecular weight excluding hydrogens is 427 g/mol. The van der Waals surface area contributed by atoms with Gasteiger partial charge in [-0.2, -0.15) is 0 Å². The number of nitrogens with zero attached hydrogens (tertiary/aromatic N) is 1. The summed E-state index contributed by atoms with van der Waals surface area (Å²) in [5.74, 6) is -0.245. The van der Waals surface area contributed by atoms with Crippen LogP contribution in [-0.2, 0) is 11.3 Å². The van der Waals surface area contributed by atoms with Crippen molar-refractivity contribution in [1.82, 2.24) is 10.2 Å². The Bertz CT molecular complexity index is 945. The molecule has 1 atom stereocenters. The maximum Gasteiger partial charge on any atom is 0.329 e. The minimum atomic E-state index is -0.574. The van der Waals surface area contributed by atoms with E-state index in [1.165, 1.54) is 6.07 Å². The highest BCUT2D eigenvalue weighted by Gasteiger charge is 2.34. The molecular formula is C21H20BrFN2O3. The van der Waals surface area contributed by atoms with Gasteiger partial charge in [-0.3, -0.25) is 9.69 Å². The fourth-order valence-electron chi connectivity index (χ4n) is 2.68. The van der Waals surface area contributed by atoms with Gasteiger partial charge in [0.05, 0.1) is 17.1 Å². The number of rotatable bonds is 6. The maximum absolute atomic E-state index is 13.8. The molecule has 1 aliphatic rings.